The Bertz CT molecular complexity index is 5350. The molecule has 0 aliphatic carbocycles. The van der Waals surface area contributed by atoms with E-state index in [0.29, 0.717) is 44.5 Å². The van der Waals surface area contributed by atoms with Crippen LogP contribution in [0.25, 0.3) is 0 Å². The molecule has 0 saturated heterocycles. The first kappa shape index (κ1) is 124. The smallest absolute Gasteiger partial charge is 0.736 e. The first-order valence-electron chi connectivity index (χ1n) is 49.6. The molecule has 0 atom stereocenters. The van der Waals surface area contributed by atoms with E-state index in [1.807, 2.05) is 381 Å². The second-order valence-electron chi connectivity index (χ2n) is 56.4. The number of hydrogen-bond donors (Lipinski definition) is 8. The maximum atomic E-state index is 13.3. The molecule has 8 N–H and O–H groups in total. The van der Waals surface area contributed by atoms with Gasteiger partial charge in [-0.3, -0.25) is 0 Å². The van der Waals surface area contributed by atoms with Gasteiger partial charge in [0, 0.05) is 44.5 Å². The Balaban J connectivity index is 0.000000236. The van der Waals surface area contributed by atoms with Gasteiger partial charge in [0.15, 0.2) is 0 Å². The van der Waals surface area contributed by atoms with Crippen LogP contribution in [0.2, 0.25) is 0 Å². The van der Waals surface area contributed by atoms with Gasteiger partial charge in [-0.1, -0.05) is 381 Å². The molecule has 12 rings (SSSR count). The molecule has 0 saturated carbocycles. The van der Waals surface area contributed by atoms with Crippen molar-refractivity contribution in [2.75, 3.05) is 0 Å². The molecule has 8 aromatic rings. The van der Waals surface area contributed by atoms with E-state index in [0.717, 1.165) is 44.5 Å². The average Bonchev–Trinajstić information content (AvgIpc) is 0.729. The Kier molecular flexibility index (Phi) is 32.8. The number of phosphoric ester groups is 4. The van der Waals surface area contributed by atoms with Crippen molar-refractivity contribution in [3.63, 3.8) is 0 Å². The predicted octanol–water partition coefficient (Wildman–Crippen LogP) is 25.2. The predicted molar refractivity (Wildman–Crippen MR) is 567 cm³/mol. The van der Waals surface area contributed by atoms with Crippen LogP contribution in [-0.4, -0.2) is 40.9 Å². The van der Waals surface area contributed by atoms with Gasteiger partial charge >= 0.3 is 53.0 Å². The van der Waals surface area contributed by atoms with Crippen LogP contribution in [0, 0.1) is 0 Å². The second kappa shape index (κ2) is 38.5. The Morgan fingerprint density at radius 1 is 0.166 bits per heavy atom. The molecule has 0 amide bonds. The number of fused-ring (bicyclic) bond motifs is 8. The van der Waals surface area contributed by atoms with Crippen LogP contribution >= 0.6 is 31.3 Å². The summed E-state index contributed by atoms with van der Waals surface area (Å²) in [5.41, 5.74) is 3.51. The Morgan fingerprint density at radius 2 is 0.241 bits per heavy atom. The molecule has 0 unspecified atom stereocenters. The van der Waals surface area contributed by atoms with Crippen molar-refractivity contribution >= 4 is 31.3 Å². The molecular weight excluding hydrogens is 1950 g/mol. The monoisotopic (exact) mass is 2120 g/mol. The molecule has 4 aliphatic heterocycles. The molecule has 4 heterocycles. The summed E-state index contributed by atoms with van der Waals surface area (Å²) in [4.78, 5) is 53.2. The third-order valence-corrected chi connectivity index (χ3v) is 30.0. The third-order valence-electron chi connectivity index (χ3n) is 26.7. The summed E-state index contributed by atoms with van der Waals surface area (Å²) in [6.07, 6.45) is 0. The minimum Gasteiger partial charge on any atom is -0.736 e. The summed E-state index contributed by atoms with van der Waals surface area (Å²) in [5.74, 6) is -11.2. The molecule has 0 spiro atoms. The van der Waals surface area contributed by atoms with E-state index in [4.69, 9.17) is 36.2 Å². The van der Waals surface area contributed by atoms with Gasteiger partial charge in [-0.2, -0.15) is 0 Å². The first-order chi connectivity index (χ1) is 63.4. The van der Waals surface area contributed by atoms with Crippen molar-refractivity contribution in [1.82, 2.24) is 0 Å². The summed E-state index contributed by atoms with van der Waals surface area (Å²) < 4.78 is 97.7. The fraction of sp³-hybridized carbons (Fsp3) is 0.586. The molecule has 4 aliphatic rings. The van der Waals surface area contributed by atoms with Crippen LogP contribution in [-0.2, 0) is 150 Å². The largest absolute Gasteiger partial charge is 4.00 e. The number of benzene rings is 8. The quantitative estimate of drug-likeness (QED) is 0.0397. The summed E-state index contributed by atoms with van der Waals surface area (Å²) in [6, 6.07) is 28.1. The van der Waals surface area contributed by atoms with Crippen molar-refractivity contribution in [2.24, 2.45) is 0 Å². The molecule has 8 aromatic carbocycles. The van der Waals surface area contributed by atoms with Crippen LogP contribution in [0.4, 0.5) is 0 Å². The Labute approximate surface area is 880 Å². The minimum absolute atomic E-state index is 0. The van der Waals surface area contributed by atoms with Gasteiger partial charge in [0.05, 0.1) is 44.5 Å². The molecule has 29 heteroatoms. The molecule has 24 nitrogen and oxygen atoms in total. The Morgan fingerprint density at radius 3 is 0.303 bits per heavy atom. The van der Waals surface area contributed by atoms with Crippen LogP contribution in [0.3, 0.4) is 0 Å². The van der Waals surface area contributed by atoms with Gasteiger partial charge in [-0.25, -0.2) is 18.3 Å². The van der Waals surface area contributed by atoms with Crippen LogP contribution in [0.15, 0.2) is 97.1 Å². The van der Waals surface area contributed by atoms with Crippen molar-refractivity contribution in [1.29, 1.82) is 0 Å². The summed E-state index contributed by atoms with van der Waals surface area (Å²) in [7, 11) is -19.8. The zero-order valence-corrected chi connectivity index (χ0v) is 101. The maximum Gasteiger partial charge on any atom is 4.00 e. The molecule has 0 fully saturated rings. The fourth-order valence-electron chi connectivity index (χ4n) is 17.4. The molecular formula is C116H168O24P4Ti. The summed E-state index contributed by atoms with van der Waals surface area (Å²) in [6.45, 7) is 94.7. The van der Waals surface area contributed by atoms with Crippen molar-refractivity contribution in [3.8, 4) is 46.0 Å². The van der Waals surface area contributed by atoms with Gasteiger partial charge in [0.2, 0.25) is 23.1 Å². The zero-order chi connectivity index (χ0) is 111. The van der Waals surface area contributed by atoms with E-state index in [1.165, 1.54) is 0 Å². The zero-order valence-electron chi connectivity index (χ0n) is 95.6. The van der Waals surface area contributed by atoms with Gasteiger partial charge in [0.25, 0.3) is 0 Å². The number of aliphatic hydroxyl groups is 8. The first-order valence-corrected chi connectivity index (χ1v) is 55.4. The standard InChI is InChI=1S/4C29H43O6P.Ti/c4*1-25(2,3)17-13-19(27(7,8)9)23-21(15-17)29(30,31)22-16-18(26(4,5)6)14-20(28(10,11)12)24(22)35-36(32,33)34-23;/h4*13-16,30-31H,1-12H3,(H,32,33);/q;;;;+4/p-4. The van der Waals surface area contributed by atoms with E-state index in [-0.39, 0.29) is 156 Å². The van der Waals surface area contributed by atoms with E-state index in [9.17, 15) is 78.7 Å². The SMILES string of the molecule is CC(C)(C)c1cc(C(C)(C)C)c2c(c1)C(O)(O)c1cc(C(C)(C)C)cc(C(C)(C)C)c1OP(=O)([O-])O2.CC(C)(C)c1cc(C(C)(C)C)c2c(c1)C(O)(O)c1cc(C(C)(C)C)cc(C(C)(C)C)c1OP(=O)([O-])O2.CC(C)(C)c1cc(C(C)(C)C)c2c(c1)C(O)(O)c1cc(C(C)(C)C)cc(C(C)(C)C)c1OP(=O)([O-])O2.CC(C)(C)c1cc(C(C)(C)C)c2c(c1)C(O)(O)c1cc(C(C)(C)C)cc(C(C)(C)C)c1OP(=O)([O-])O2.[Ti+4]. The van der Waals surface area contributed by atoms with Crippen LogP contribution < -0.4 is 55.8 Å². The topological polar surface area (TPSA) is 396 Å². The van der Waals surface area contributed by atoms with E-state index < -0.39 is 97.8 Å². The molecule has 0 aromatic heterocycles. The number of rotatable bonds is 0. The maximum absolute atomic E-state index is 13.3. The van der Waals surface area contributed by atoms with Gasteiger partial charge in [0.1, 0.15) is 46.0 Å². The van der Waals surface area contributed by atoms with Gasteiger partial charge in [-0.15, -0.1) is 0 Å². The molecule has 145 heavy (non-hydrogen) atoms. The normalized spacial score (nSPS) is 17.6. The fourth-order valence-corrected chi connectivity index (χ4v) is 20.9. The van der Waals surface area contributed by atoms with E-state index in [1.54, 1.807) is 48.5 Å². The molecule has 0 bridgehead atoms. The molecule has 800 valence electrons. The van der Waals surface area contributed by atoms with Crippen LogP contribution in [0.5, 0.6) is 46.0 Å². The van der Waals surface area contributed by atoms with Gasteiger partial charge in [-0.05, 0) is 180 Å². The summed E-state index contributed by atoms with van der Waals surface area (Å²) in [5, 5.41) is 95.3. The van der Waals surface area contributed by atoms with Crippen LogP contribution in [0.1, 0.15) is 466 Å². The minimum atomic E-state index is -4.96. The van der Waals surface area contributed by atoms with Crippen molar-refractivity contribution in [3.05, 3.63) is 231 Å². The average molecular weight is 2120 g/mol. The summed E-state index contributed by atoms with van der Waals surface area (Å²) >= 11 is 0. The van der Waals surface area contributed by atoms with Gasteiger partial charge < -0.3 is 96.6 Å². The number of hydrogen-bond acceptors (Lipinski definition) is 24. The Hall–Kier alpha value is -6.69. The van der Waals surface area contributed by atoms with E-state index >= 15 is 0 Å². The molecule has 0 radical (unpaired) electrons. The van der Waals surface area contributed by atoms with Crippen molar-refractivity contribution in [2.45, 2.75) is 442 Å². The number of phosphoric acid groups is 4. The van der Waals surface area contributed by atoms with E-state index in [2.05, 4.69) is 0 Å². The third kappa shape index (κ3) is 27.0. The second-order valence-corrected chi connectivity index (χ2v) is 61.5. The van der Waals surface area contributed by atoms with Crippen molar-refractivity contribution < 1.29 is 137 Å².